The molecule has 4 aliphatic carbocycles. The van der Waals surface area contributed by atoms with Gasteiger partial charge in [-0.2, -0.15) is 0 Å². The number of pyridine rings is 1. The standard InChI is InChI=1S/C43H41N5O/c1-3-13-27(14-4-1)30-25-33(42-46-40(28-15-5-2-6-16-28)45-41(47-42)29-17-7-8-18-29)43(44-26-30)48-34-21-11-9-19-31(34)38-35(48)23-24-37-39(38)32-20-10-12-22-36(32)49-37/h1-5,7,9-11,13-15,17-21,25-26,32,35-36,38,40-41,45H,6,8,12,16,22-24H2,(H,46,47). The van der Waals surface area contributed by atoms with Crippen LogP contribution in [0.5, 0.6) is 0 Å². The lowest BCUT2D eigenvalue weighted by atomic mass is 9.73. The molecule has 4 heterocycles. The van der Waals surface area contributed by atoms with Gasteiger partial charge in [0.25, 0.3) is 0 Å². The smallest absolute Gasteiger partial charge is 0.144 e. The van der Waals surface area contributed by atoms with E-state index in [9.17, 15) is 0 Å². The number of ether oxygens (including phenoxy) is 1. The van der Waals surface area contributed by atoms with Crippen LogP contribution in [0.2, 0.25) is 0 Å². The third kappa shape index (κ3) is 4.87. The van der Waals surface area contributed by atoms with Crippen molar-refractivity contribution in [1.29, 1.82) is 0 Å². The number of aromatic nitrogens is 1. The molecule has 3 aromatic rings. The van der Waals surface area contributed by atoms with Gasteiger partial charge in [-0.3, -0.25) is 5.32 Å². The van der Waals surface area contributed by atoms with Gasteiger partial charge in [0.05, 0.1) is 11.3 Å². The van der Waals surface area contributed by atoms with E-state index >= 15 is 0 Å². The second-order valence-electron chi connectivity index (χ2n) is 14.2. The molecule has 3 aliphatic heterocycles. The number of nitrogens with one attached hydrogen (secondary N) is 2. The summed E-state index contributed by atoms with van der Waals surface area (Å²) in [4.78, 5) is 13.4. The van der Waals surface area contributed by atoms with Crippen molar-refractivity contribution in [3.8, 4) is 11.1 Å². The molecule has 0 saturated heterocycles. The molecule has 0 fully saturated rings. The Morgan fingerprint density at radius 3 is 2.69 bits per heavy atom. The summed E-state index contributed by atoms with van der Waals surface area (Å²) < 4.78 is 6.68. The Kier molecular flexibility index (Phi) is 7.04. The number of anilines is 2. The van der Waals surface area contributed by atoms with Crippen molar-refractivity contribution in [2.45, 2.75) is 75.3 Å². The van der Waals surface area contributed by atoms with Crippen LogP contribution in [0.25, 0.3) is 11.1 Å². The monoisotopic (exact) mass is 643 g/mol. The number of fused-ring (bicyclic) bond motifs is 6. The van der Waals surface area contributed by atoms with Gasteiger partial charge in [0.2, 0.25) is 0 Å². The quantitative estimate of drug-likeness (QED) is 0.273. The SMILES string of the molecule is C1=CCCC(C2NC(c3cc(-c4ccccc4)cnc3N3c4ccccc4C4C5=C(CCC43)OC3CCC=CC53)=NC(C3=CCC=C3)N2)=C1. The van der Waals surface area contributed by atoms with E-state index in [4.69, 9.17) is 14.7 Å². The molecule has 6 nitrogen and oxygen atoms in total. The van der Waals surface area contributed by atoms with Gasteiger partial charge in [-0.25, -0.2) is 9.98 Å². The number of aliphatic imine (C=N–C) groups is 1. The van der Waals surface area contributed by atoms with Crippen molar-refractivity contribution in [2.75, 3.05) is 4.90 Å². The first-order chi connectivity index (χ1) is 24.3. The van der Waals surface area contributed by atoms with Gasteiger partial charge in [0, 0.05) is 41.7 Å². The zero-order valence-corrected chi connectivity index (χ0v) is 27.6. The minimum absolute atomic E-state index is 0.0303. The maximum atomic E-state index is 6.68. The number of amidine groups is 1. The fraction of sp³-hybridized carbons (Fsp3) is 0.302. The van der Waals surface area contributed by atoms with Crippen molar-refractivity contribution in [2.24, 2.45) is 10.9 Å². The first kappa shape index (κ1) is 29.0. The summed E-state index contributed by atoms with van der Waals surface area (Å²) in [5.74, 6) is 3.74. The van der Waals surface area contributed by atoms with Crippen LogP contribution >= 0.6 is 0 Å². The molecule has 6 atom stereocenters. The number of hydrogen-bond acceptors (Lipinski definition) is 6. The van der Waals surface area contributed by atoms with Gasteiger partial charge in [0.15, 0.2) is 0 Å². The fourth-order valence-electron chi connectivity index (χ4n) is 9.20. The van der Waals surface area contributed by atoms with Crippen molar-refractivity contribution < 1.29 is 4.74 Å². The van der Waals surface area contributed by atoms with Gasteiger partial charge in [-0.1, -0.05) is 97.1 Å². The number of allylic oxidation sites excluding steroid dienone is 7. The number of nitrogens with zero attached hydrogens (tertiary/aromatic N) is 3. The third-order valence-electron chi connectivity index (χ3n) is 11.4. The van der Waals surface area contributed by atoms with Crippen LogP contribution in [0, 0.1) is 5.92 Å². The third-order valence-corrected chi connectivity index (χ3v) is 11.4. The predicted octanol–water partition coefficient (Wildman–Crippen LogP) is 8.52. The van der Waals surface area contributed by atoms with E-state index < -0.39 is 0 Å². The zero-order chi connectivity index (χ0) is 32.3. The number of hydrogen-bond donors (Lipinski definition) is 2. The molecule has 10 rings (SSSR count). The summed E-state index contributed by atoms with van der Waals surface area (Å²) >= 11 is 0. The van der Waals surface area contributed by atoms with Crippen molar-refractivity contribution in [3.05, 3.63) is 149 Å². The second-order valence-corrected chi connectivity index (χ2v) is 14.2. The lowest BCUT2D eigenvalue weighted by Crippen LogP contribution is -2.55. The minimum atomic E-state index is -0.147. The molecule has 1 aromatic heterocycles. The highest BCUT2D eigenvalue weighted by Gasteiger charge is 2.51. The molecular weight excluding hydrogens is 603 g/mol. The van der Waals surface area contributed by atoms with Crippen LogP contribution in [-0.4, -0.2) is 35.3 Å². The molecule has 49 heavy (non-hydrogen) atoms. The lowest BCUT2D eigenvalue weighted by molar-refractivity contribution is 0.108. The van der Waals surface area contributed by atoms with Crippen LogP contribution in [0.1, 0.15) is 62.0 Å². The van der Waals surface area contributed by atoms with Crippen molar-refractivity contribution in [3.63, 3.8) is 0 Å². The average molecular weight is 644 g/mol. The summed E-state index contributed by atoms with van der Waals surface area (Å²) in [6, 6.07) is 22.2. The molecule has 244 valence electrons. The van der Waals surface area contributed by atoms with E-state index in [-0.39, 0.29) is 30.4 Å². The predicted molar refractivity (Wildman–Crippen MR) is 196 cm³/mol. The van der Waals surface area contributed by atoms with Crippen LogP contribution in [-0.2, 0) is 4.74 Å². The van der Waals surface area contributed by atoms with Gasteiger partial charge >= 0.3 is 0 Å². The summed E-state index contributed by atoms with van der Waals surface area (Å²) in [5.41, 5.74) is 10.00. The molecule has 0 radical (unpaired) electrons. The molecule has 6 unspecified atom stereocenters. The van der Waals surface area contributed by atoms with Crippen LogP contribution < -0.4 is 15.5 Å². The summed E-state index contributed by atoms with van der Waals surface area (Å²) in [7, 11) is 0. The molecule has 2 aromatic carbocycles. The topological polar surface area (TPSA) is 61.8 Å². The van der Waals surface area contributed by atoms with Gasteiger partial charge < -0.3 is 15.0 Å². The maximum absolute atomic E-state index is 6.68. The molecule has 6 heteroatoms. The Balaban J connectivity index is 1.13. The molecule has 0 bridgehead atoms. The van der Waals surface area contributed by atoms with E-state index in [0.717, 1.165) is 73.3 Å². The average Bonchev–Trinajstić information content (AvgIpc) is 3.92. The molecule has 0 spiro atoms. The maximum Gasteiger partial charge on any atom is 0.144 e. The number of benzene rings is 2. The highest BCUT2D eigenvalue weighted by Crippen LogP contribution is 2.58. The Bertz CT molecular complexity index is 2030. The van der Waals surface area contributed by atoms with Gasteiger partial charge in [0.1, 0.15) is 30.1 Å². The molecular formula is C43H41N5O. The summed E-state index contributed by atoms with van der Waals surface area (Å²) in [5, 5.41) is 7.72. The van der Waals surface area contributed by atoms with Crippen LogP contribution in [0.3, 0.4) is 0 Å². The first-order valence-corrected chi connectivity index (χ1v) is 18.1. The van der Waals surface area contributed by atoms with E-state index in [2.05, 4.69) is 131 Å². The molecule has 0 saturated carbocycles. The van der Waals surface area contributed by atoms with Crippen LogP contribution in [0.4, 0.5) is 11.5 Å². The minimum Gasteiger partial charge on any atom is -0.494 e. The van der Waals surface area contributed by atoms with E-state index in [1.165, 1.54) is 33.7 Å². The lowest BCUT2D eigenvalue weighted by Gasteiger charge is -2.37. The molecule has 0 amide bonds. The number of para-hydroxylation sites is 1. The Morgan fingerprint density at radius 2 is 1.82 bits per heavy atom. The Morgan fingerprint density at radius 1 is 0.898 bits per heavy atom. The Labute approximate surface area is 288 Å². The van der Waals surface area contributed by atoms with E-state index in [0.29, 0.717) is 5.92 Å². The van der Waals surface area contributed by atoms with E-state index in [1.807, 2.05) is 0 Å². The van der Waals surface area contributed by atoms with Crippen molar-refractivity contribution in [1.82, 2.24) is 15.6 Å². The Hall–Kier alpha value is -4.94. The normalized spacial score (nSPS) is 29.3. The largest absolute Gasteiger partial charge is 0.494 e. The molecule has 7 aliphatic rings. The fourth-order valence-corrected chi connectivity index (χ4v) is 9.20. The van der Waals surface area contributed by atoms with Gasteiger partial charge in [-0.15, -0.1) is 0 Å². The first-order valence-electron chi connectivity index (χ1n) is 18.1. The van der Waals surface area contributed by atoms with Gasteiger partial charge in [-0.05, 0) is 78.5 Å². The summed E-state index contributed by atoms with van der Waals surface area (Å²) in [6.45, 7) is 0. The van der Waals surface area contributed by atoms with E-state index in [1.54, 1.807) is 0 Å². The van der Waals surface area contributed by atoms with Crippen molar-refractivity contribution >= 4 is 17.3 Å². The second kappa shape index (κ2) is 11.9. The van der Waals surface area contributed by atoms with Crippen LogP contribution in [0.15, 0.2) is 143 Å². The summed E-state index contributed by atoms with van der Waals surface area (Å²) in [6.07, 6.45) is 27.6. The molecule has 2 N–H and O–H groups in total. The highest BCUT2D eigenvalue weighted by molar-refractivity contribution is 6.05. The zero-order valence-electron chi connectivity index (χ0n) is 27.6. The number of rotatable bonds is 5. The highest BCUT2D eigenvalue weighted by atomic mass is 16.5.